The van der Waals surface area contributed by atoms with Crippen LogP contribution in [0.4, 0.5) is 5.82 Å². The van der Waals surface area contributed by atoms with Gasteiger partial charge in [0.05, 0.1) is 6.54 Å². The van der Waals surface area contributed by atoms with Crippen LogP contribution in [0.15, 0.2) is 48.9 Å². The molecule has 1 aliphatic heterocycles. The van der Waals surface area contributed by atoms with Gasteiger partial charge in [-0.05, 0) is 23.8 Å². The van der Waals surface area contributed by atoms with Gasteiger partial charge in [0, 0.05) is 51.3 Å². The lowest BCUT2D eigenvalue weighted by Crippen LogP contribution is -2.51. The zero-order chi connectivity index (χ0) is 15.9. The van der Waals surface area contributed by atoms with Crippen LogP contribution >= 0.6 is 0 Å². The molecule has 0 saturated carbocycles. The molecule has 1 amide bonds. The molecule has 120 valence electrons. The second-order valence-electron chi connectivity index (χ2n) is 5.52. The van der Waals surface area contributed by atoms with Crippen molar-refractivity contribution in [3.8, 4) is 0 Å². The first kappa shape index (κ1) is 15.4. The van der Waals surface area contributed by atoms with Gasteiger partial charge in [-0.1, -0.05) is 12.1 Å². The molecule has 0 atom stereocenters. The number of hydrogen-bond donors (Lipinski definition) is 1. The van der Waals surface area contributed by atoms with E-state index >= 15 is 0 Å². The Labute approximate surface area is 136 Å². The third-order valence-corrected chi connectivity index (χ3v) is 3.93. The molecule has 0 radical (unpaired) electrons. The third kappa shape index (κ3) is 4.26. The predicted octanol–water partition coefficient (Wildman–Crippen LogP) is 0.915. The Balaban J connectivity index is 1.41. The molecule has 23 heavy (non-hydrogen) atoms. The summed E-state index contributed by atoms with van der Waals surface area (Å²) in [5.74, 6) is 1.13. The summed E-state index contributed by atoms with van der Waals surface area (Å²) in [7, 11) is 0. The Bertz CT molecular complexity index is 611. The lowest BCUT2D eigenvalue weighted by molar-refractivity contribution is -0.130. The Morgan fingerprint density at radius 1 is 1.09 bits per heavy atom. The second kappa shape index (κ2) is 7.69. The molecular weight excluding hydrogens is 290 g/mol. The first-order valence-corrected chi connectivity index (χ1v) is 7.86. The van der Waals surface area contributed by atoms with E-state index in [0.717, 1.165) is 37.6 Å². The van der Waals surface area contributed by atoms with E-state index in [1.807, 2.05) is 41.4 Å². The van der Waals surface area contributed by atoms with Crippen molar-refractivity contribution < 1.29 is 4.79 Å². The van der Waals surface area contributed by atoms with Crippen LogP contribution in [0.1, 0.15) is 5.56 Å². The van der Waals surface area contributed by atoms with Gasteiger partial charge in [-0.3, -0.25) is 9.78 Å². The molecule has 0 spiro atoms. The fourth-order valence-corrected chi connectivity index (χ4v) is 2.65. The monoisotopic (exact) mass is 311 g/mol. The maximum absolute atomic E-state index is 12.2. The van der Waals surface area contributed by atoms with Crippen molar-refractivity contribution in [2.24, 2.45) is 0 Å². The zero-order valence-corrected chi connectivity index (χ0v) is 13.1. The molecule has 0 bridgehead atoms. The van der Waals surface area contributed by atoms with Gasteiger partial charge in [-0.2, -0.15) is 0 Å². The highest BCUT2D eigenvalue weighted by molar-refractivity contribution is 5.78. The van der Waals surface area contributed by atoms with Gasteiger partial charge in [-0.25, -0.2) is 4.98 Å². The van der Waals surface area contributed by atoms with Crippen molar-refractivity contribution in [3.05, 3.63) is 54.5 Å². The minimum atomic E-state index is 0.148. The number of pyridine rings is 2. The van der Waals surface area contributed by atoms with E-state index in [2.05, 4.69) is 20.2 Å². The Morgan fingerprint density at radius 3 is 2.65 bits per heavy atom. The molecule has 0 aromatic carbocycles. The lowest BCUT2D eigenvalue weighted by atomic mass is 10.2. The minimum Gasteiger partial charge on any atom is -0.353 e. The number of nitrogens with one attached hydrogen (secondary N) is 1. The van der Waals surface area contributed by atoms with E-state index in [-0.39, 0.29) is 5.91 Å². The number of carbonyl (C=O) groups is 1. The zero-order valence-electron chi connectivity index (χ0n) is 13.1. The molecule has 3 heterocycles. The van der Waals surface area contributed by atoms with Crippen LogP contribution < -0.4 is 10.2 Å². The van der Waals surface area contributed by atoms with Crippen LogP contribution in [-0.2, 0) is 11.3 Å². The summed E-state index contributed by atoms with van der Waals surface area (Å²) >= 11 is 0. The van der Waals surface area contributed by atoms with Crippen LogP contribution in [0.3, 0.4) is 0 Å². The molecule has 1 N–H and O–H groups in total. The normalized spacial score (nSPS) is 14.8. The average molecular weight is 311 g/mol. The van der Waals surface area contributed by atoms with E-state index in [4.69, 9.17) is 0 Å². The van der Waals surface area contributed by atoms with Crippen molar-refractivity contribution >= 4 is 11.7 Å². The lowest BCUT2D eigenvalue weighted by Gasteiger charge is -2.35. The summed E-state index contributed by atoms with van der Waals surface area (Å²) in [6.07, 6.45) is 5.36. The van der Waals surface area contributed by atoms with Gasteiger partial charge in [0.1, 0.15) is 5.82 Å². The van der Waals surface area contributed by atoms with Gasteiger partial charge in [0.2, 0.25) is 5.91 Å². The maximum atomic E-state index is 12.2. The van der Waals surface area contributed by atoms with Crippen molar-refractivity contribution in [3.63, 3.8) is 0 Å². The fourth-order valence-electron chi connectivity index (χ4n) is 2.65. The van der Waals surface area contributed by atoms with Crippen LogP contribution in [0.25, 0.3) is 0 Å². The molecule has 3 rings (SSSR count). The average Bonchev–Trinajstić information content (AvgIpc) is 2.63. The number of nitrogens with zero attached hydrogens (tertiary/aromatic N) is 4. The van der Waals surface area contributed by atoms with Crippen molar-refractivity contribution in [2.45, 2.75) is 6.54 Å². The van der Waals surface area contributed by atoms with Crippen molar-refractivity contribution in [2.75, 3.05) is 37.6 Å². The van der Waals surface area contributed by atoms with Crippen LogP contribution in [0.5, 0.6) is 0 Å². The number of piperazine rings is 1. The van der Waals surface area contributed by atoms with Crippen LogP contribution in [-0.4, -0.2) is 53.5 Å². The standard InChI is InChI=1S/C17H21N5O/c23-17(14-19-13-15-4-3-6-18-12-15)22-10-8-21(9-11-22)16-5-1-2-7-20-16/h1-7,12,19H,8-11,13-14H2. The molecule has 0 unspecified atom stereocenters. The molecule has 6 heteroatoms. The van der Waals surface area contributed by atoms with Crippen molar-refractivity contribution in [1.29, 1.82) is 0 Å². The molecule has 1 saturated heterocycles. The number of carbonyl (C=O) groups excluding carboxylic acids is 1. The third-order valence-electron chi connectivity index (χ3n) is 3.93. The molecule has 1 fully saturated rings. The van der Waals surface area contributed by atoms with E-state index in [1.54, 1.807) is 12.4 Å². The second-order valence-corrected chi connectivity index (χ2v) is 5.52. The molecule has 2 aromatic heterocycles. The van der Waals surface area contributed by atoms with Crippen LogP contribution in [0, 0.1) is 0 Å². The summed E-state index contributed by atoms with van der Waals surface area (Å²) in [5, 5.41) is 3.18. The highest BCUT2D eigenvalue weighted by atomic mass is 16.2. The summed E-state index contributed by atoms with van der Waals surface area (Å²) in [4.78, 5) is 24.8. The van der Waals surface area contributed by atoms with Crippen molar-refractivity contribution in [1.82, 2.24) is 20.2 Å². The molecular formula is C17H21N5O. The van der Waals surface area contributed by atoms with Gasteiger partial charge in [0.15, 0.2) is 0 Å². The minimum absolute atomic E-state index is 0.148. The summed E-state index contributed by atoms with van der Waals surface area (Å²) in [6.45, 7) is 4.15. The van der Waals surface area contributed by atoms with E-state index in [9.17, 15) is 4.79 Å². The molecule has 6 nitrogen and oxygen atoms in total. The number of rotatable bonds is 5. The quantitative estimate of drug-likeness (QED) is 0.889. The smallest absolute Gasteiger partial charge is 0.236 e. The molecule has 2 aromatic rings. The van der Waals surface area contributed by atoms with Gasteiger partial charge < -0.3 is 15.1 Å². The maximum Gasteiger partial charge on any atom is 0.236 e. The summed E-state index contributed by atoms with van der Waals surface area (Å²) in [6, 6.07) is 9.80. The van der Waals surface area contributed by atoms with Crippen LogP contribution in [0.2, 0.25) is 0 Å². The SMILES string of the molecule is O=C(CNCc1cccnc1)N1CCN(c2ccccn2)CC1. The summed E-state index contributed by atoms with van der Waals surface area (Å²) < 4.78 is 0. The highest BCUT2D eigenvalue weighted by Crippen LogP contribution is 2.12. The first-order valence-electron chi connectivity index (χ1n) is 7.86. The predicted molar refractivity (Wildman–Crippen MR) is 89.0 cm³/mol. The van der Waals surface area contributed by atoms with Gasteiger partial charge in [0.25, 0.3) is 0 Å². The number of hydrogen-bond acceptors (Lipinski definition) is 5. The Morgan fingerprint density at radius 2 is 1.96 bits per heavy atom. The van der Waals surface area contributed by atoms with Gasteiger partial charge >= 0.3 is 0 Å². The highest BCUT2D eigenvalue weighted by Gasteiger charge is 2.21. The van der Waals surface area contributed by atoms with E-state index in [0.29, 0.717) is 13.1 Å². The Kier molecular flexibility index (Phi) is 5.16. The van der Waals surface area contributed by atoms with E-state index in [1.165, 1.54) is 0 Å². The van der Waals surface area contributed by atoms with Gasteiger partial charge in [-0.15, -0.1) is 0 Å². The number of aromatic nitrogens is 2. The molecule has 0 aliphatic carbocycles. The number of anilines is 1. The largest absolute Gasteiger partial charge is 0.353 e. The fraction of sp³-hybridized carbons (Fsp3) is 0.353. The Hall–Kier alpha value is -2.47. The summed E-state index contributed by atoms with van der Waals surface area (Å²) in [5.41, 5.74) is 1.08. The first-order chi connectivity index (χ1) is 11.3. The number of amides is 1. The molecule has 1 aliphatic rings. The topological polar surface area (TPSA) is 61.4 Å². The van der Waals surface area contributed by atoms with E-state index < -0.39 is 0 Å².